The highest BCUT2D eigenvalue weighted by Gasteiger charge is 2.23. The van der Waals surface area contributed by atoms with Crippen LogP contribution in [0, 0.1) is 5.82 Å². The second kappa shape index (κ2) is 13.5. The Hall–Kier alpha value is -3.42. The van der Waals surface area contributed by atoms with Gasteiger partial charge >= 0.3 is 0 Å². The number of allylic oxidation sites excluding steroid dienone is 5. The van der Waals surface area contributed by atoms with Crippen LogP contribution in [0.1, 0.15) is 64.5 Å². The normalized spacial score (nSPS) is 19.6. The van der Waals surface area contributed by atoms with E-state index in [9.17, 15) is 0 Å². The van der Waals surface area contributed by atoms with Gasteiger partial charge in [0.15, 0.2) is 0 Å². The van der Waals surface area contributed by atoms with E-state index in [1.54, 1.807) is 6.07 Å². The van der Waals surface area contributed by atoms with Gasteiger partial charge in [-0.25, -0.2) is 4.39 Å². The summed E-state index contributed by atoms with van der Waals surface area (Å²) in [5.41, 5.74) is 9.37. The number of hydrogen-bond donors (Lipinski definition) is 3. The molecule has 1 aliphatic carbocycles. The van der Waals surface area contributed by atoms with Crippen molar-refractivity contribution in [2.24, 2.45) is 0 Å². The topological polar surface area (TPSA) is 61.5 Å². The number of rotatable bonds is 10. The number of ether oxygens (including phenoxy) is 1. The van der Waals surface area contributed by atoms with Crippen LogP contribution in [0.3, 0.4) is 0 Å². The zero-order valence-corrected chi connectivity index (χ0v) is 24.9. The number of nitrogens with one attached hydrogen (secondary N) is 3. The van der Waals surface area contributed by atoms with Gasteiger partial charge in [0, 0.05) is 49.8 Å². The van der Waals surface area contributed by atoms with Gasteiger partial charge in [0.25, 0.3) is 0 Å². The number of piperazine rings is 1. The van der Waals surface area contributed by atoms with Crippen LogP contribution in [0.2, 0.25) is 0 Å². The Bertz CT molecular complexity index is 1360. The van der Waals surface area contributed by atoms with E-state index in [0.29, 0.717) is 23.6 Å². The summed E-state index contributed by atoms with van der Waals surface area (Å²) in [5, 5.41) is 10.7. The number of aromatic nitrogens is 1. The van der Waals surface area contributed by atoms with Gasteiger partial charge in [0.2, 0.25) is 0 Å². The first kappa shape index (κ1) is 29.1. The molecule has 3 N–H and O–H groups in total. The van der Waals surface area contributed by atoms with E-state index in [-0.39, 0.29) is 12.0 Å². The Balaban J connectivity index is 1.54. The second-order valence-corrected chi connectivity index (χ2v) is 11.1. The molecule has 1 atom stereocenters. The summed E-state index contributed by atoms with van der Waals surface area (Å²) in [7, 11) is 0. The molecule has 1 aromatic heterocycles. The summed E-state index contributed by atoms with van der Waals surface area (Å²) in [4.78, 5) is 7.21. The minimum atomic E-state index is -0.324. The second-order valence-electron chi connectivity index (χ2n) is 11.1. The zero-order valence-electron chi connectivity index (χ0n) is 24.9. The zero-order chi connectivity index (χ0) is 28.8. The fraction of sp³-hybridized carbons (Fsp3) is 0.441. The average Bonchev–Trinajstić information content (AvgIpc) is 2.94. The van der Waals surface area contributed by atoms with Crippen molar-refractivity contribution in [3.63, 3.8) is 0 Å². The Morgan fingerprint density at radius 2 is 1.98 bits per heavy atom. The number of pyridine rings is 1. The van der Waals surface area contributed by atoms with Gasteiger partial charge in [-0.3, -0.25) is 9.88 Å². The van der Waals surface area contributed by atoms with Gasteiger partial charge in [-0.15, -0.1) is 0 Å². The summed E-state index contributed by atoms with van der Waals surface area (Å²) in [5.74, 6) is 0.195. The van der Waals surface area contributed by atoms with Gasteiger partial charge in [-0.05, 0) is 93.5 Å². The van der Waals surface area contributed by atoms with Crippen LogP contribution < -0.4 is 20.7 Å². The third-order valence-electron chi connectivity index (χ3n) is 8.29. The predicted molar refractivity (Wildman–Crippen MR) is 166 cm³/mol. The van der Waals surface area contributed by atoms with Gasteiger partial charge in [-0.2, -0.15) is 0 Å². The minimum Gasteiger partial charge on any atom is -0.493 e. The first-order chi connectivity index (χ1) is 20.0. The van der Waals surface area contributed by atoms with Crippen molar-refractivity contribution < 1.29 is 9.13 Å². The Kier molecular flexibility index (Phi) is 9.57. The molecule has 41 heavy (non-hydrogen) atoms. The quantitative estimate of drug-likeness (QED) is 0.319. The van der Waals surface area contributed by atoms with E-state index < -0.39 is 0 Å². The van der Waals surface area contributed by atoms with Crippen molar-refractivity contribution in [1.29, 1.82) is 0 Å². The average molecular weight is 558 g/mol. The maximum absolute atomic E-state index is 15.2. The third kappa shape index (κ3) is 6.57. The smallest absolute Gasteiger partial charge is 0.136 e. The van der Waals surface area contributed by atoms with Gasteiger partial charge in [0.05, 0.1) is 29.7 Å². The molecule has 1 saturated heterocycles. The van der Waals surface area contributed by atoms with Crippen LogP contribution in [0.25, 0.3) is 16.8 Å². The molecule has 0 bridgehead atoms. The molecular weight excluding hydrogens is 513 g/mol. The summed E-state index contributed by atoms with van der Waals surface area (Å²) in [6.07, 6.45) is 14.0. The van der Waals surface area contributed by atoms with Crippen LogP contribution in [-0.4, -0.2) is 48.8 Å². The molecule has 1 aromatic carbocycles. The number of aryl methyl sites for hydroxylation is 1. The molecule has 6 nitrogen and oxygen atoms in total. The molecule has 1 saturated carbocycles. The molecular formula is C34H44FN5O. The minimum absolute atomic E-state index is 0.212. The molecule has 2 aliphatic heterocycles. The monoisotopic (exact) mass is 557 g/mol. The van der Waals surface area contributed by atoms with Crippen molar-refractivity contribution in [1.82, 2.24) is 25.8 Å². The number of halogens is 1. The molecule has 7 heteroatoms. The molecule has 218 valence electrons. The number of hydrogen-bond acceptors (Lipinski definition) is 6. The first-order valence-corrected chi connectivity index (χ1v) is 15.2. The lowest BCUT2D eigenvalue weighted by Crippen LogP contribution is -2.52. The SMILES string of the molecule is CCCc1cnc(-c2c(F)cccc2OCC)cc1/C(C(C)=C1CCC1)=C(\C)NC1=CNC(N2CCNCC2)C=C1. The lowest BCUT2D eigenvalue weighted by atomic mass is 9.82. The Morgan fingerprint density at radius 1 is 1.17 bits per heavy atom. The molecule has 2 fully saturated rings. The highest BCUT2D eigenvalue weighted by atomic mass is 19.1. The van der Waals surface area contributed by atoms with Gasteiger partial charge in [0.1, 0.15) is 11.6 Å². The van der Waals surface area contributed by atoms with Crippen molar-refractivity contribution in [3.05, 3.63) is 88.3 Å². The van der Waals surface area contributed by atoms with Crippen LogP contribution in [0.5, 0.6) is 5.75 Å². The molecule has 0 radical (unpaired) electrons. The van der Waals surface area contributed by atoms with Crippen LogP contribution >= 0.6 is 0 Å². The molecule has 0 spiro atoms. The van der Waals surface area contributed by atoms with E-state index in [2.05, 4.69) is 66.0 Å². The molecule has 3 heterocycles. The lowest BCUT2D eigenvalue weighted by molar-refractivity contribution is 0.186. The van der Waals surface area contributed by atoms with Crippen molar-refractivity contribution >= 4 is 5.57 Å². The van der Waals surface area contributed by atoms with Crippen molar-refractivity contribution in [2.45, 2.75) is 66.0 Å². The van der Waals surface area contributed by atoms with E-state index >= 15 is 4.39 Å². The van der Waals surface area contributed by atoms with E-state index in [1.807, 2.05) is 19.2 Å². The number of dihydropyridines is 1. The Labute approximate surface area is 244 Å². The van der Waals surface area contributed by atoms with Crippen LogP contribution in [0.15, 0.2) is 71.4 Å². The van der Waals surface area contributed by atoms with Crippen molar-refractivity contribution in [2.75, 3.05) is 32.8 Å². The lowest BCUT2D eigenvalue weighted by Gasteiger charge is -2.35. The molecule has 3 aliphatic rings. The van der Waals surface area contributed by atoms with Gasteiger partial charge in [-0.1, -0.05) is 25.0 Å². The standard InChI is InChI=1S/C34H44FN5O/c1-5-9-26-21-37-30(34-29(35)12-8-13-31(34)41-6-2)20-28(26)33(23(3)25-10-7-11-25)24(4)39-27-14-15-32(38-22-27)40-18-16-36-17-19-40/h8,12-15,20-22,32,36,38-39H,5-7,9-11,16-19H2,1-4H3/b33-24+. The molecule has 1 unspecified atom stereocenters. The maximum atomic E-state index is 15.2. The first-order valence-electron chi connectivity index (χ1n) is 15.2. The maximum Gasteiger partial charge on any atom is 0.136 e. The van der Waals surface area contributed by atoms with E-state index in [0.717, 1.165) is 68.8 Å². The third-order valence-corrected chi connectivity index (χ3v) is 8.29. The summed E-state index contributed by atoms with van der Waals surface area (Å²) in [6.45, 7) is 13.1. The predicted octanol–water partition coefficient (Wildman–Crippen LogP) is 6.29. The fourth-order valence-electron chi connectivity index (χ4n) is 5.96. The molecule has 5 rings (SSSR count). The fourth-order valence-corrected chi connectivity index (χ4v) is 5.96. The summed E-state index contributed by atoms with van der Waals surface area (Å²) in [6, 6.07) is 7.05. The largest absolute Gasteiger partial charge is 0.493 e. The van der Waals surface area contributed by atoms with Gasteiger partial charge < -0.3 is 20.7 Å². The Morgan fingerprint density at radius 3 is 2.63 bits per heavy atom. The van der Waals surface area contributed by atoms with E-state index in [4.69, 9.17) is 9.72 Å². The molecule has 0 amide bonds. The highest BCUT2D eigenvalue weighted by Crippen LogP contribution is 2.40. The molecule has 2 aromatic rings. The van der Waals surface area contributed by atoms with E-state index in [1.165, 1.54) is 34.8 Å². The van der Waals surface area contributed by atoms with Crippen LogP contribution in [0.4, 0.5) is 4.39 Å². The number of nitrogens with zero attached hydrogens (tertiary/aromatic N) is 2. The highest BCUT2D eigenvalue weighted by molar-refractivity contribution is 5.85. The van der Waals surface area contributed by atoms with Crippen LogP contribution in [-0.2, 0) is 6.42 Å². The summed E-state index contributed by atoms with van der Waals surface area (Å²) < 4.78 is 21.1. The van der Waals surface area contributed by atoms with Crippen molar-refractivity contribution in [3.8, 4) is 17.0 Å². The number of benzene rings is 1. The summed E-state index contributed by atoms with van der Waals surface area (Å²) >= 11 is 0.